The van der Waals surface area contributed by atoms with Crippen molar-refractivity contribution in [3.05, 3.63) is 71.5 Å². The van der Waals surface area contributed by atoms with Crippen molar-refractivity contribution in [2.45, 2.75) is 50.3 Å². The number of aliphatic hydroxyl groups is 1. The van der Waals surface area contributed by atoms with E-state index in [2.05, 4.69) is 33.4 Å². The zero-order valence-electron chi connectivity index (χ0n) is 16.4. The molecule has 29 heavy (non-hydrogen) atoms. The molecule has 2 N–H and O–H groups in total. The van der Waals surface area contributed by atoms with Crippen molar-refractivity contribution >= 4 is 0 Å². The van der Waals surface area contributed by atoms with Crippen LogP contribution in [0.3, 0.4) is 0 Å². The lowest BCUT2D eigenvalue weighted by molar-refractivity contribution is -0.0215. The summed E-state index contributed by atoms with van der Waals surface area (Å²) < 4.78 is 1.62. The molecule has 0 bridgehead atoms. The first-order valence-electron chi connectivity index (χ1n) is 10.4. The van der Waals surface area contributed by atoms with E-state index in [0.29, 0.717) is 18.8 Å². The zero-order chi connectivity index (χ0) is 19.8. The summed E-state index contributed by atoms with van der Waals surface area (Å²) in [6.07, 6.45) is 7.25. The van der Waals surface area contributed by atoms with Gasteiger partial charge in [-0.25, -0.2) is 4.68 Å². The van der Waals surface area contributed by atoms with Gasteiger partial charge in [-0.3, -0.25) is 4.90 Å². The molecule has 6 heteroatoms. The number of phenolic OH excluding ortho intramolecular Hbond substituents is 1. The van der Waals surface area contributed by atoms with Crippen LogP contribution in [-0.2, 0) is 12.1 Å². The molecule has 0 saturated heterocycles. The summed E-state index contributed by atoms with van der Waals surface area (Å²) in [6, 6.07) is 15.5. The van der Waals surface area contributed by atoms with Crippen LogP contribution >= 0.6 is 0 Å². The molecule has 2 heterocycles. The Morgan fingerprint density at radius 1 is 1.00 bits per heavy atom. The molecule has 1 saturated carbocycles. The van der Waals surface area contributed by atoms with Crippen LogP contribution < -0.4 is 0 Å². The third-order valence-electron chi connectivity index (χ3n) is 6.52. The highest BCUT2D eigenvalue weighted by molar-refractivity contribution is 5.44. The van der Waals surface area contributed by atoms with Gasteiger partial charge in [0, 0.05) is 18.6 Å². The van der Waals surface area contributed by atoms with E-state index in [-0.39, 0.29) is 11.3 Å². The number of hydrogen-bond donors (Lipinski definition) is 2. The number of rotatable bonds is 3. The number of fused-ring (bicyclic) bond motifs is 2. The van der Waals surface area contributed by atoms with Gasteiger partial charge in [-0.1, -0.05) is 60.9 Å². The maximum Gasteiger partial charge on any atom is 0.141 e. The van der Waals surface area contributed by atoms with Crippen molar-refractivity contribution in [2.24, 2.45) is 0 Å². The van der Waals surface area contributed by atoms with Crippen molar-refractivity contribution < 1.29 is 10.2 Å². The van der Waals surface area contributed by atoms with Crippen molar-refractivity contribution in [3.63, 3.8) is 0 Å². The van der Waals surface area contributed by atoms with E-state index in [1.165, 1.54) is 24.8 Å². The smallest absolute Gasteiger partial charge is 0.141 e. The fourth-order valence-electron chi connectivity index (χ4n) is 5.14. The van der Waals surface area contributed by atoms with Crippen LogP contribution in [0, 0.1) is 0 Å². The first-order valence-corrected chi connectivity index (χ1v) is 10.4. The van der Waals surface area contributed by atoms with Gasteiger partial charge in [0.15, 0.2) is 0 Å². The summed E-state index contributed by atoms with van der Waals surface area (Å²) in [7, 11) is 0. The van der Waals surface area contributed by atoms with Gasteiger partial charge in [-0.15, -0.1) is 5.10 Å². The molecular formula is C23H26N4O2. The second-order valence-electron chi connectivity index (χ2n) is 8.22. The van der Waals surface area contributed by atoms with Crippen LogP contribution in [0.25, 0.3) is 5.69 Å². The van der Waals surface area contributed by atoms with Gasteiger partial charge in [0.1, 0.15) is 11.4 Å². The highest BCUT2D eigenvalue weighted by Gasteiger charge is 2.45. The summed E-state index contributed by atoms with van der Waals surface area (Å²) in [6.45, 7) is 1.22. The fraction of sp³-hybridized carbons (Fsp3) is 0.391. The summed E-state index contributed by atoms with van der Waals surface area (Å²) in [5.74, 6) is 0.176. The molecule has 1 aromatic heterocycles. The molecule has 1 unspecified atom stereocenters. The van der Waals surface area contributed by atoms with E-state index in [1.54, 1.807) is 16.8 Å². The van der Waals surface area contributed by atoms with Crippen LogP contribution in [0.2, 0.25) is 0 Å². The van der Waals surface area contributed by atoms with Crippen LogP contribution in [0.4, 0.5) is 0 Å². The lowest BCUT2D eigenvalue weighted by atomic mass is 9.70. The van der Waals surface area contributed by atoms with Gasteiger partial charge in [0.25, 0.3) is 0 Å². The fourth-order valence-corrected chi connectivity index (χ4v) is 5.14. The van der Waals surface area contributed by atoms with E-state index in [1.807, 2.05) is 24.4 Å². The Labute approximate surface area is 170 Å². The van der Waals surface area contributed by atoms with E-state index in [9.17, 15) is 10.2 Å². The van der Waals surface area contributed by atoms with Gasteiger partial charge in [-0.2, -0.15) is 0 Å². The Hall–Kier alpha value is -2.70. The monoisotopic (exact) mass is 390 g/mol. The molecule has 3 aromatic rings. The summed E-state index contributed by atoms with van der Waals surface area (Å²) >= 11 is 0. The molecule has 1 aliphatic carbocycles. The van der Waals surface area contributed by atoms with Crippen LogP contribution in [-0.4, -0.2) is 36.7 Å². The third kappa shape index (κ3) is 3.12. The van der Waals surface area contributed by atoms with Crippen molar-refractivity contribution in [1.82, 2.24) is 19.9 Å². The van der Waals surface area contributed by atoms with Gasteiger partial charge in [0.2, 0.25) is 0 Å². The van der Waals surface area contributed by atoms with Crippen molar-refractivity contribution in [2.75, 3.05) is 6.54 Å². The molecule has 0 radical (unpaired) electrons. The average Bonchev–Trinajstić information content (AvgIpc) is 3.21. The second kappa shape index (κ2) is 7.28. The number of aliphatic hydroxyl groups excluding tert-OH is 1. The van der Waals surface area contributed by atoms with E-state index in [0.717, 1.165) is 24.1 Å². The number of phenols is 1. The first-order chi connectivity index (χ1) is 14.2. The maximum absolute atomic E-state index is 10.8. The lowest BCUT2D eigenvalue weighted by Gasteiger charge is -2.51. The Morgan fingerprint density at radius 2 is 1.76 bits per heavy atom. The maximum atomic E-state index is 10.8. The predicted octanol–water partition coefficient (Wildman–Crippen LogP) is 3.68. The van der Waals surface area contributed by atoms with Crippen LogP contribution in [0.15, 0.2) is 54.7 Å². The standard InChI is InChI=1S/C23H26N4O2/c28-21-11-5-4-10-20(21)27-15-17(24-25-27)14-26-16-22(29)18-8-2-3-9-19(18)23(26)12-6-1-7-13-23/h2-5,8-11,15,22,28-29H,1,6-7,12-14,16H2. The van der Waals surface area contributed by atoms with Gasteiger partial charge < -0.3 is 10.2 Å². The number of β-amino-alcohol motifs (C(OH)–C–C–N with tert-alkyl or cyclic N) is 1. The molecule has 1 spiro atoms. The molecule has 1 atom stereocenters. The Kier molecular flexibility index (Phi) is 4.60. The second-order valence-corrected chi connectivity index (χ2v) is 8.22. The molecule has 0 amide bonds. The van der Waals surface area contributed by atoms with E-state index >= 15 is 0 Å². The van der Waals surface area contributed by atoms with E-state index in [4.69, 9.17) is 0 Å². The minimum Gasteiger partial charge on any atom is -0.506 e. The summed E-state index contributed by atoms with van der Waals surface area (Å²) in [5, 5.41) is 29.5. The number of para-hydroxylation sites is 2. The Bertz CT molecular complexity index is 1010. The van der Waals surface area contributed by atoms with Crippen molar-refractivity contribution in [1.29, 1.82) is 0 Å². The van der Waals surface area contributed by atoms with E-state index < -0.39 is 6.10 Å². The van der Waals surface area contributed by atoms with Gasteiger partial charge in [0.05, 0.1) is 18.0 Å². The van der Waals surface area contributed by atoms with Gasteiger partial charge >= 0.3 is 0 Å². The summed E-state index contributed by atoms with van der Waals surface area (Å²) in [5.41, 5.74) is 3.75. The highest BCUT2D eigenvalue weighted by atomic mass is 16.3. The molecule has 150 valence electrons. The topological polar surface area (TPSA) is 74.4 Å². The molecule has 5 rings (SSSR count). The normalized spacial score (nSPS) is 21.2. The van der Waals surface area contributed by atoms with Gasteiger partial charge in [-0.05, 0) is 36.1 Å². The number of hydrogen-bond acceptors (Lipinski definition) is 5. The quantitative estimate of drug-likeness (QED) is 0.714. The Balaban J connectivity index is 1.49. The number of aromatic hydroxyl groups is 1. The van der Waals surface area contributed by atoms with Crippen LogP contribution in [0.5, 0.6) is 5.75 Å². The zero-order valence-corrected chi connectivity index (χ0v) is 16.4. The lowest BCUT2D eigenvalue weighted by Crippen LogP contribution is -2.52. The molecule has 1 aliphatic heterocycles. The number of aromatic nitrogens is 3. The number of nitrogens with zero attached hydrogens (tertiary/aromatic N) is 4. The molecule has 2 aromatic carbocycles. The predicted molar refractivity (Wildman–Crippen MR) is 110 cm³/mol. The molecule has 6 nitrogen and oxygen atoms in total. The molecular weight excluding hydrogens is 364 g/mol. The minimum absolute atomic E-state index is 0.0489. The van der Waals surface area contributed by atoms with Crippen molar-refractivity contribution in [3.8, 4) is 11.4 Å². The Morgan fingerprint density at radius 3 is 2.59 bits per heavy atom. The molecule has 2 aliphatic rings. The minimum atomic E-state index is -0.494. The first kappa shape index (κ1) is 18.3. The van der Waals surface area contributed by atoms with Crippen LogP contribution in [0.1, 0.15) is 55.0 Å². The molecule has 1 fully saturated rings. The third-order valence-corrected chi connectivity index (χ3v) is 6.52. The SMILES string of the molecule is Oc1ccccc1-n1cc(CN2CC(O)c3ccccc3C23CCCCC3)nn1. The summed E-state index contributed by atoms with van der Waals surface area (Å²) in [4.78, 5) is 2.40. The highest BCUT2D eigenvalue weighted by Crippen LogP contribution is 2.48. The number of benzene rings is 2. The largest absolute Gasteiger partial charge is 0.506 e. The average molecular weight is 390 g/mol.